The van der Waals surface area contributed by atoms with E-state index in [2.05, 4.69) is 41.1 Å². The molecule has 9 heteroatoms. The second kappa shape index (κ2) is 17.5. The molecule has 1 aromatic heterocycles. The Kier molecular flexibility index (Phi) is 13.4. The second-order valence-corrected chi connectivity index (χ2v) is 13.0. The van der Waals surface area contributed by atoms with Gasteiger partial charge in [0, 0.05) is 6.61 Å². The predicted molar refractivity (Wildman–Crippen MR) is 175 cm³/mol. The Morgan fingerprint density at radius 2 is 1.53 bits per heavy atom. The van der Waals surface area contributed by atoms with Crippen molar-refractivity contribution in [2.45, 2.75) is 36.0 Å². The summed E-state index contributed by atoms with van der Waals surface area (Å²) in [5, 5.41) is 1.64. The van der Waals surface area contributed by atoms with Crippen LogP contribution in [0.25, 0.3) is 15.8 Å². The third-order valence-corrected chi connectivity index (χ3v) is 9.76. The summed E-state index contributed by atoms with van der Waals surface area (Å²) in [4.78, 5) is 12.5. The van der Waals surface area contributed by atoms with E-state index >= 15 is 0 Å². The summed E-state index contributed by atoms with van der Waals surface area (Å²) in [6.45, 7) is 0.972. The van der Waals surface area contributed by atoms with Crippen LogP contribution in [0.5, 0.6) is 5.75 Å². The maximum atomic E-state index is 12.5. The number of nitrogens with zero attached hydrogens (tertiary/aromatic N) is 1. The molecule has 4 aromatic carbocycles. The van der Waals surface area contributed by atoms with Crippen LogP contribution in [0.1, 0.15) is 35.6 Å². The van der Waals surface area contributed by atoms with Crippen LogP contribution in [-0.4, -0.2) is 27.5 Å². The van der Waals surface area contributed by atoms with E-state index in [0.717, 1.165) is 46.4 Å². The fourth-order valence-corrected chi connectivity index (χ4v) is 6.79. The quantitative estimate of drug-likeness (QED) is 0.112. The number of ether oxygens (including phenoxy) is 2. The van der Waals surface area contributed by atoms with Gasteiger partial charge in [-0.2, -0.15) is 0 Å². The van der Waals surface area contributed by atoms with Crippen molar-refractivity contribution in [3.8, 4) is 16.9 Å². The molecule has 0 saturated heterocycles. The molecule has 45 heavy (non-hydrogen) atoms. The maximum Gasteiger partial charge on any atom is 1.00 e. The van der Waals surface area contributed by atoms with Crippen LogP contribution >= 0.6 is 11.3 Å². The van der Waals surface area contributed by atoms with Gasteiger partial charge >= 0.3 is 29.6 Å². The van der Waals surface area contributed by atoms with Gasteiger partial charge in [-0.15, -0.1) is 11.3 Å². The van der Waals surface area contributed by atoms with E-state index < -0.39 is 15.9 Å². The maximum absolute atomic E-state index is 12.5. The van der Waals surface area contributed by atoms with E-state index in [1.165, 1.54) is 11.6 Å². The molecule has 0 spiro atoms. The van der Waals surface area contributed by atoms with Crippen molar-refractivity contribution in [1.29, 1.82) is 0 Å². The minimum Gasteiger partial charge on any atom is -0.541 e. The molecule has 1 unspecified atom stereocenters. The first kappa shape index (κ1) is 34.6. The van der Waals surface area contributed by atoms with Crippen LogP contribution in [0.15, 0.2) is 131 Å². The van der Waals surface area contributed by atoms with Gasteiger partial charge in [-0.25, -0.2) is 8.42 Å². The molecule has 0 aliphatic carbocycles. The molecular formula is C36H34NNaO5S2. The molecular weight excluding hydrogens is 614 g/mol. The third kappa shape index (κ3) is 10.4. The first-order valence-electron chi connectivity index (χ1n) is 14.5. The number of hydrogen-bond donors (Lipinski definition) is 0. The first-order chi connectivity index (χ1) is 21.5. The van der Waals surface area contributed by atoms with Crippen molar-refractivity contribution in [2.75, 3.05) is 13.2 Å². The first-order valence-corrected chi connectivity index (χ1v) is 16.9. The van der Waals surface area contributed by atoms with Crippen molar-refractivity contribution < 1.29 is 52.2 Å². The van der Waals surface area contributed by atoms with E-state index in [0.29, 0.717) is 25.4 Å². The van der Waals surface area contributed by atoms with Gasteiger partial charge in [0.25, 0.3) is 0 Å². The predicted octanol–water partition coefficient (Wildman–Crippen LogP) is 5.41. The van der Waals surface area contributed by atoms with Crippen molar-refractivity contribution in [2.24, 2.45) is 0 Å². The van der Waals surface area contributed by atoms with Crippen molar-refractivity contribution in [3.05, 3.63) is 148 Å². The van der Waals surface area contributed by atoms with E-state index in [4.69, 9.17) is 9.47 Å². The molecule has 5 aromatic rings. The van der Waals surface area contributed by atoms with Gasteiger partial charge in [-0.05, 0) is 77.1 Å². The zero-order chi connectivity index (χ0) is 30.6. The molecule has 0 fully saturated rings. The Balaban J connectivity index is 0.00000461. The summed E-state index contributed by atoms with van der Waals surface area (Å²) in [5.41, 5.74) is 5.16. The standard InChI is InChI=1S/C36H35NO5S2.Na/c38-35(37-44(39,40)36-21-11-25-43-36)23-22-29-15-7-8-20-33(29)31-18-9-19-32(26-31)42-27-34(30-16-5-2-6-17-30)41-24-10-14-28-12-3-1-4-13-28;/h1-9,11-13,15-21,25-26,34H,10,14,22-24,27H2,(H,37,38);/q;+1/p-1. The molecule has 0 saturated carbocycles. The molecule has 1 atom stereocenters. The molecule has 0 aliphatic heterocycles. The molecule has 1 heterocycles. The molecule has 0 aliphatic rings. The average Bonchev–Trinajstić information content (AvgIpc) is 3.61. The van der Waals surface area contributed by atoms with Gasteiger partial charge < -0.3 is 19.0 Å². The molecule has 0 radical (unpaired) electrons. The number of carbonyl (C=O) groups is 1. The molecule has 6 nitrogen and oxygen atoms in total. The van der Waals surface area contributed by atoms with Gasteiger partial charge in [-0.1, -0.05) is 103 Å². The zero-order valence-electron chi connectivity index (χ0n) is 25.2. The fraction of sp³-hybridized carbons (Fsp3) is 0.194. The fourth-order valence-electron chi connectivity index (χ4n) is 4.88. The van der Waals surface area contributed by atoms with Gasteiger partial charge in [0.2, 0.25) is 0 Å². The summed E-state index contributed by atoms with van der Waals surface area (Å²) < 4.78 is 40.9. The molecule has 226 valence electrons. The Morgan fingerprint density at radius 3 is 2.29 bits per heavy atom. The minimum absolute atomic E-state index is 0. The van der Waals surface area contributed by atoms with Gasteiger partial charge in [-0.3, -0.25) is 0 Å². The number of rotatable bonds is 15. The van der Waals surface area contributed by atoms with Crippen LogP contribution in [-0.2, 0) is 32.4 Å². The number of benzene rings is 4. The summed E-state index contributed by atoms with van der Waals surface area (Å²) in [6, 6.07) is 39.2. The minimum atomic E-state index is -3.98. The SMILES string of the molecule is O=C(CCc1ccccc1-c1cccc(OCC(OCCCc2ccccc2)c2ccccc2)c1)[N-]S(=O)(=O)c1cccs1.[Na+]. The van der Waals surface area contributed by atoms with Crippen LogP contribution in [0.3, 0.4) is 0 Å². The van der Waals surface area contributed by atoms with Crippen molar-refractivity contribution in [3.63, 3.8) is 0 Å². The largest absolute Gasteiger partial charge is 1.00 e. The Hall–Kier alpha value is -3.24. The molecule has 1 amide bonds. The normalized spacial score (nSPS) is 11.7. The number of sulfonamides is 1. The van der Waals surface area contributed by atoms with E-state index in [9.17, 15) is 13.2 Å². The average molecular weight is 648 g/mol. The van der Waals surface area contributed by atoms with Crippen LogP contribution in [0, 0.1) is 0 Å². The molecule has 5 rings (SSSR count). The summed E-state index contributed by atoms with van der Waals surface area (Å²) >= 11 is 1.04. The van der Waals surface area contributed by atoms with E-state index in [1.807, 2.05) is 72.8 Å². The van der Waals surface area contributed by atoms with Gasteiger partial charge in [0.05, 0.1) is 5.91 Å². The van der Waals surface area contributed by atoms with Crippen LogP contribution in [0.2, 0.25) is 0 Å². The van der Waals surface area contributed by atoms with Crippen molar-refractivity contribution >= 4 is 27.3 Å². The summed E-state index contributed by atoms with van der Waals surface area (Å²) in [6.07, 6.45) is 1.99. The Morgan fingerprint density at radius 1 is 0.800 bits per heavy atom. The topological polar surface area (TPSA) is 83.8 Å². The number of thiophene rings is 1. The second-order valence-electron chi connectivity index (χ2n) is 10.2. The van der Waals surface area contributed by atoms with Crippen LogP contribution < -0.4 is 34.3 Å². The zero-order valence-corrected chi connectivity index (χ0v) is 28.9. The number of aryl methyl sites for hydroxylation is 2. The monoisotopic (exact) mass is 647 g/mol. The molecule has 0 N–H and O–H groups in total. The van der Waals surface area contributed by atoms with Gasteiger partial charge in [0.15, 0.2) is 0 Å². The summed E-state index contributed by atoms with van der Waals surface area (Å²) in [7, 11) is -3.98. The number of carbonyl (C=O) groups excluding carboxylic acids is 1. The van der Waals surface area contributed by atoms with E-state index in [-0.39, 0.29) is 46.3 Å². The van der Waals surface area contributed by atoms with Crippen molar-refractivity contribution in [1.82, 2.24) is 0 Å². The van der Waals surface area contributed by atoms with Crippen LogP contribution in [0.4, 0.5) is 0 Å². The number of hydrogen-bond acceptors (Lipinski definition) is 6. The Bertz CT molecular complexity index is 1730. The van der Waals surface area contributed by atoms with E-state index in [1.54, 1.807) is 11.4 Å². The number of amides is 1. The summed E-state index contributed by atoms with van der Waals surface area (Å²) in [5.74, 6) is 0.0419. The van der Waals surface area contributed by atoms with Gasteiger partial charge in [0.1, 0.15) is 32.7 Å². The Labute approximate surface area is 291 Å². The third-order valence-electron chi connectivity index (χ3n) is 7.09. The molecule has 0 bridgehead atoms. The smallest absolute Gasteiger partial charge is 0.541 e.